The monoisotopic (exact) mass is 263 g/mol. The molecule has 1 aliphatic heterocycles. The van der Waals surface area contributed by atoms with Gasteiger partial charge in [0.25, 0.3) is 5.69 Å². The molecule has 104 valence electrons. The quantitative estimate of drug-likeness (QED) is 0.669. The highest BCUT2D eigenvalue weighted by atomic mass is 16.6. The number of nitro groups is 1. The Morgan fingerprint density at radius 1 is 1.53 bits per heavy atom. The minimum atomic E-state index is -0.337. The van der Waals surface area contributed by atoms with Crippen LogP contribution in [0.1, 0.15) is 18.4 Å². The number of rotatable bonds is 4. The average molecular weight is 263 g/mol. The summed E-state index contributed by atoms with van der Waals surface area (Å²) in [6, 6.07) is 5.15. The second-order valence-corrected chi connectivity index (χ2v) is 5.24. The average Bonchev–Trinajstić information content (AvgIpc) is 2.39. The molecule has 1 saturated heterocycles. The van der Waals surface area contributed by atoms with Gasteiger partial charge in [-0.25, -0.2) is 0 Å². The zero-order valence-corrected chi connectivity index (χ0v) is 11.6. The van der Waals surface area contributed by atoms with E-state index in [1.54, 1.807) is 12.1 Å². The number of aryl methyl sites for hydroxylation is 1. The SMILES string of the molecule is CNCC1CCCN(c2ccc([N+](=O)[O-])cc2C)C1. The number of piperidine rings is 1. The van der Waals surface area contributed by atoms with Crippen molar-refractivity contribution in [2.75, 3.05) is 31.6 Å². The van der Waals surface area contributed by atoms with Gasteiger partial charge in [-0.1, -0.05) is 0 Å². The summed E-state index contributed by atoms with van der Waals surface area (Å²) >= 11 is 0. The van der Waals surface area contributed by atoms with Crippen molar-refractivity contribution >= 4 is 11.4 Å². The van der Waals surface area contributed by atoms with Crippen molar-refractivity contribution in [1.82, 2.24) is 5.32 Å². The molecule has 0 aromatic heterocycles. The van der Waals surface area contributed by atoms with Gasteiger partial charge in [-0.15, -0.1) is 0 Å². The highest BCUT2D eigenvalue weighted by Gasteiger charge is 2.21. The molecule has 1 unspecified atom stereocenters. The van der Waals surface area contributed by atoms with Crippen molar-refractivity contribution in [2.24, 2.45) is 5.92 Å². The molecule has 1 aromatic rings. The normalized spacial score (nSPS) is 19.5. The van der Waals surface area contributed by atoms with Gasteiger partial charge in [-0.3, -0.25) is 10.1 Å². The van der Waals surface area contributed by atoms with Crippen LogP contribution in [-0.2, 0) is 0 Å². The van der Waals surface area contributed by atoms with Gasteiger partial charge in [-0.2, -0.15) is 0 Å². The lowest BCUT2D eigenvalue weighted by Gasteiger charge is -2.35. The Morgan fingerprint density at radius 3 is 2.95 bits per heavy atom. The Morgan fingerprint density at radius 2 is 2.32 bits per heavy atom. The van der Waals surface area contributed by atoms with E-state index in [1.807, 2.05) is 20.0 Å². The summed E-state index contributed by atoms with van der Waals surface area (Å²) in [6.07, 6.45) is 2.44. The zero-order valence-electron chi connectivity index (χ0n) is 11.6. The Bertz CT molecular complexity index is 460. The molecule has 19 heavy (non-hydrogen) atoms. The molecule has 1 aromatic carbocycles. The molecule has 5 heteroatoms. The van der Waals surface area contributed by atoms with Crippen LogP contribution in [0.4, 0.5) is 11.4 Å². The number of benzene rings is 1. The Kier molecular flexibility index (Phi) is 4.37. The molecule has 0 spiro atoms. The van der Waals surface area contributed by atoms with Crippen LogP contribution in [0.25, 0.3) is 0 Å². The summed E-state index contributed by atoms with van der Waals surface area (Å²) in [5.74, 6) is 0.661. The highest BCUT2D eigenvalue weighted by Crippen LogP contribution is 2.28. The maximum Gasteiger partial charge on any atom is 0.269 e. The molecule has 0 amide bonds. The number of nitrogens with one attached hydrogen (secondary N) is 1. The van der Waals surface area contributed by atoms with E-state index in [9.17, 15) is 10.1 Å². The van der Waals surface area contributed by atoms with Crippen LogP contribution >= 0.6 is 0 Å². The first-order valence-electron chi connectivity index (χ1n) is 6.76. The van der Waals surface area contributed by atoms with Gasteiger partial charge in [0.05, 0.1) is 4.92 Å². The second kappa shape index (κ2) is 6.02. The molecule has 1 N–H and O–H groups in total. The van der Waals surface area contributed by atoms with E-state index in [0.29, 0.717) is 5.92 Å². The molecule has 1 atom stereocenters. The predicted molar refractivity (Wildman–Crippen MR) is 76.7 cm³/mol. The molecule has 1 aliphatic rings. The predicted octanol–water partition coefficient (Wildman–Crippen LogP) is 2.34. The maximum atomic E-state index is 10.8. The molecule has 0 saturated carbocycles. The van der Waals surface area contributed by atoms with Crippen molar-refractivity contribution in [2.45, 2.75) is 19.8 Å². The number of hydrogen-bond donors (Lipinski definition) is 1. The van der Waals surface area contributed by atoms with Gasteiger partial charge in [0.2, 0.25) is 0 Å². The van der Waals surface area contributed by atoms with Gasteiger partial charge in [0.15, 0.2) is 0 Å². The van der Waals surface area contributed by atoms with E-state index in [4.69, 9.17) is 0 Å². The minimum Gasteiger partial charge on any atom is -0.371 e. The van der Waals surface area contributed by atoms with Crippen LogP contribution < -0.4 is 10.2 Å². The van der Waals surface area contributed by atoms with E-state index in [-0.39, 0.29) is 10.6 Å². The van der Waals surface area contributed by atoms with Crippen molar-refractivity contribution in [3.63, 3.8) is 0 Å². The van der Waals surface area contributed by atoms with E-state index < -0.39 is 0 Å². The fourth-order valence-corrected chi connectivity index (χ4v) is 2.85. The molecular formula is C14H21N3O2. The largest absolute Gasteiger partial charge is 0.371 e. The summed E-state index contributed by atoms with van der Waals surface area (Å²) < 4.78 is 0. The Hall–Kier alpha value is -1.62. The third-order valence-corrected chi connectivity index (χ3v) is 3.74. The van der Waals surface area contributed by atoms with Crippen LogP contribution in [0.2, 0.25) is 0 Å². The van der Waals surface area contributed by atoms with Crippen LogP contribution in [0.15, 0.2) is 18.2 Å². The van der Waals surface area contributed by atoms with Gasteiger partial charge in [0, 0.05) is 30.9 Å². The third-order valence-electron chi connectivity index (χ3n) is 3.74. The Labute approximate surface area is 113 Å². The topological polar surface area (TPSA) is 58.4 Å². The number of non-ortho nitro benzene ring substituents is 1. The van der Waals surface area contributed by atoms with Crippen LogP contribution in [-0.4, -0.2) is 31.6 Å². The third kappa shape index (κ3) is 3.23. The van der Waals surface area contributed by atoms with E-state index in [1.165, 1.54) is 12.8 Å². The number of nitrogens with zero attached hydrogens (tertiary/aromatic N) is 2. The summed E-state index contributed by atoms with van der Waals surface area (Å²) in [5, 5.41) is 14.0. The first-order chi connectivity index (χ1) is 9.11. The highest BCUT2D eigenvalue weighted by molar-refractivity contribution is 5.57. The second-order valence-electron chi connectivity index (χ2n) is 5.24. The fraction of sp³-hybridized carbons (Fsp3) is 0.571. The standard InChI is InChI=1S/C14H21N3O2/c1-11-8-13(17(18)19)5-6-14(11)16-7-3-4-12(10-16)9-15-2/h5-6,8,12,15H,3-4,7,9-10H2,1-2H3. The molecule has 0 aliphatic carbocycles. The van der Waals surface area contributed by atoms with E-state index >= 15 is 0 Å². The van der Waals surface area contributed by atoms with Crippen molar-refractivity contribution < 1.29 is 4.92 Å². The molecular weight excluding hydrogens is 242 g/mol. The Balaban J connectivity index is 2.15. The fourth-order valence-electron chi connectivity index (χ4n) is 2.85. The van der Waals surface area contributed by atoms with Crippen molar-refractivity contribution in [3.05, 3.63) is 33.9 Å². The number of nitro benzene ring substituents is 1. The summed E-state index contributed by atoms with van der Waals surface area (Å²) in [4.78, 5) is 12.8. The number of hydrogen-bond acceptors (Lipinski definition) is 4. The van der Waals surface area contributed by atoms with E-state index in [0.717, 1.165) is 30.9 Å². The molecule has 1 heterocycles. The first-order valence-corrected chi connectivity index (χ1v) is 6.76. The smallest absolute Gasteiger partial charge is 0.269 e. The van der Waals surface area contributed by atoms with Crippen molar-refractivity contribution in [1.29, 1.82) is 0 Å². The van der Waals surface area contributed by atoms with Gasteiger partial charge >= 0.3 is 0 Å². The summed E-state index contributed by atoms with van der Waals surface area (Å²) in [6.45, 7) is 5.05. The van der Waals surface area contributed by atoms with Crippen LogP contribution in [0, 0.1) is 23.0 Å². The lowest BCUT2D eigenvalue weighted by Crippen LogP contribution is -2.39. The zero-order chi connectivity index (χ0) is 13.8. The molecule has 1 fully saturated rings. The molecule has 5 nitrogen and oxygen atoms in total. The molecule has 0 bridgehead atoms. The summed E-state index contributed by atoms with van der Waals surface area (Å²) in [7, 11) is 1.98. The lowest BCUT2D eigenvalue weighted by atomic mass is 9.97. The van der Waals surface area contributed by atoms with Crippen molar-refractivity contribution in [3.8, 4) is 0 Å². The van der Waals surface area contributed by atoms with E-state index in [2.05, 4.69) is 10.2 Å². The lowest BCUT2D eigenvalue weighted by molar-refractivity contribution is -0.384. The summed E-state index contributed by atoms with van der Waals surface area (Å²) in [5.41, 5.74) is 2.29. The number of anilines is 1. The molecule has 2 rings (SSSR count). The van der Waals surface area contributed by atoms with Crippen LogP contribution in [0.5, 0.6) is 0 Å². The van der Waals surface area contributed by atoms with Gasteiger partial charge < -0.3 is 10.2 Å². The van der Waals surface area contributed by atoms with Gasteiger partial charge in [-0.05, 0) is 50.9 Å². The first kappa shape index (κ1) is 13.8. The van der Waals surface area contributed by atoms with Gasteiger partial charge in [0.1, 0.15) is 0 Å². The molecule has 0 radical (unpaired) electrons. The minimum absolute atomic E-state index is 0.171. The maximum absolute atomic E-state index is 10.8. The van der Waals surface area contributed by atoms with Crippen LogP contribution in [0.3, 0.4) is 0 Å².